The standard InChI is InChI=1S/C15H11ClFN3O2S2/c16-12-8-10(3-5-13(12)17)19-11-4-6-14(18-9-11)20-24(21,22)15-2-1-7-23-15/h1-9,19H,(H,18,20). The number of nitrogens with zero attached hydrogens (tertiary/aromatic N) is 1. The van der Waals surface area contributed by atoms with Gasteiger partial charge >= 0.3 is 0 Å². The predicted octanol–water partition coefficient (Wildman–Crippen LogP) is 4.48. The number of aromatic nitrogens is 1. The molecule has 2 aromatic heterocycles. The van der Waals surface area contributed by atoms with Gasteiger partial charge in [0, 0.05) is 5.69 Å². The minimum absolute atomic E-state index is 0.00767. The molecule has 3 rings (SSSR count). The number of hydrogen-bond acceptors (Lipinski definition) is 5. The van der Waals surface area contributed by atoms with Crippen molar-refractivity contribution in [2.24, 2.45) is 0 Å². The average molecular weight is 384 g/mol. The highest BCUT2D eigenvalue weighted by molar-refractivity contribution is 7.94. The number of halogens is 2. The van der Waals surface area contributed by atoms with Crippen molar-refractivity contribution in [3.8, 4) is 0 Å². The fraction of sp³-hybridized carbons (Fsp3) is 0. The second-order valence-corrected chi connectivity index (χ2v) is 7.99. The Bertz CT molecular complexity index is 945. The van der Waals surface area contributed by atoms with Crippen LogP contribution in [0.25, 0.3) is 0 Å². The summed E-state index contributed by atoms with van der Waals surface area (Å²) in [6.45, 7) is 0. The second kappa shape index (κ2) is 6.76. The molecule has 0 saturated heterocycles. The fourth-order valence-corrected chi connectivity index (χ4v) is 4.05. The summed E-state index contributed by atoms with van der Waals surface area (Å²) in [6, 6.07) is 10.6. The third kappa shape index (κ3) is 3.84. The van der Waals surface area contributed by atoms with Crippen molar-refractivity contribution in [2.75, 3.05) is 10.0 Å². The van der Waals surface area contributed by atoms with Gasteiger partial charge in [-0.15, -0.1) is 11.3 Å². The van der Waals surface area contributed by atoms with Crippen molar-refractivity contribution in [2.45, 2.75) is 4.21 Å². The van der Waals surface area contributed by atoms with Crippen LogP contribution in [0.4, 0.5) is 21.6 Å². The van der Waals surface area contributed by atoms with E-state index >= 15 is 0 Å². The number of benzene rings is 1. The van der Waals surface area contributed by atoms with Crippen LogP contribution in [0, 0.1) is 5.82 Å². The summed E-state index contributed by atoms with van der Waals surface area (Å²) in [5.41, 5.74) is 1.20. The molecule has 1 aromatic carbocycles. The van der Waals surface area contributed by atoms with Crippen LogP contribution < -0.4 is 10.0 Å². The van der Waals surface area contributed by atoms with Gasteiger partial charge in [-0.25, -0.2) is 17.8 Å². The lowest BCUT2D eigenvalue weighted by Gasteiger charge is -2.09. The molecule has 2 N–H and O–H groups in total. The first-order chi connectivity index (χ1) is 11.4. The Morgan fingerprint density at radius 2 is 1.92 bits per heavy atom. The molecule has 0 spiro atoms. The van der Waals surface area contributed by atoms with E-state index in [0.29, 0.717) is 11.4 Å². The van der Waals surface area contributed by atoms with Crippen molar-refractivity contribution >= 4 is 50.2 Å². The Kier molecular flexibility index (Phi) is 4.70. The monoisotopic (exact) mass is 383 g/mol. The number of anilines is 3. The maximum absolute atomic E-state index is 13.1. The second-order valence-electron chi connectivity index (χ2n) is 4.72. The summed E-state index contributed by atoms with van der Waals surface area (Å²) < 4.78 is 39.9. The Morgan fingerprint density at radius 3 is 2.54 bits per heavy atom. The maximum atomic E-state index is 13.1. The minimum Gasteiger partial charge on any atom is -0.354 e. The van der Waals surface area contributed by atoms with Gasteiger partial charge in [0.25, 0.3) is 10.0 Å². The van der Waals surface area contributed by atoms with Crippen molar-refractivity contribution < 1.29 is 12.8 Å². The van der Waals surface area contributed by atoms with E-state index in [0.717, 1.165) is 11.3 Å². The fourth-order valence-electron chi connectivity index (χ4n) is 1.87. The zero-order valence-corrected chi connectivity index (χ0v) is 14.4. The van der Waals surface area contributed by atoms with Crippen molar-refractivity contribution in [3.05, 3.63) is 64.9 Å². The van der Waals surface area contributed by atoms with Gasteiger partial charge in [0.05, 0.1) is 16.9 Å². The molecule has 9 heteroatoms. The van der Waals surface area contributed by atoms with Gasteiger partial charge in [-0.2, -0.15) is 0 Å². The molecular formula is C15H11ClFN3O2S2. The molecule has 2 heterocycles. The Balaban J connectivity index is 1.72. The number of pyridine rings is 1. The summed E-state index contributed by atoms with van der Waals surface area (Å²) >= 11 is 6.84. The number of nitrogens with one attached hydrogen (secondary N) is 2. The molecule has 3 aromatic rings. The third-order valence-corrected chi connectivity index (χ3v) is 6.01. The van der Waals surface area contributed by atoms with E-state index in [-0.39, 0.29) is 15.0 Å². The van der Waals surface area contributed by atoms with E-state index in [2.05, 4.69) is 15.0 Å². The van der Waals surface area contributed by atoms with Crippen LogP contribution >= 0.6 is 22.9 Å². The van der Waals surface area contributed by atoms with Crippen LogP contribution in [-0.4, -0.2) is 13.4 Å². The normalized spacial score (nSPS) is 11.2. The van der Waals surface area contributed by atoms with Gasteiger partial charge in [0.1, 0.15) is 15.8 Å². The Hall–Kier alpha value is -2.16. The molecular weight excluding hydrogens is 373 g/mol. The highest BCUT2D eigenvalue weighted by Gasteiger charge is 2.15. The van der Waals surface area contributed by atoms with Gasteiger partial charge in [-0.1, -0.05) is 17.7 Å². The quantitative estimate of drug-likeness (QED) is 0.681. The number of thiophene rings is 1. The van der Waals surface area contributed by atoms with Crippen molar-refractivity contribution in [1.82, 2.24) is 4.98 Å². The summed E-state index contributed by atoms with van der Waals surface area (Å²) in [4.78, 5) is 4.05. The molecule has 0 aliphatic heterocycles. The molecule has 0 unspecified atom stereocenters. The van der Waals surface area contributed by atoms with Crippen LogP contribution in [0.3, 0.4) is 0 Å². The molecule has 24 heavy (non-hydrogen) atoms. The van der Waals surface area contributed by atoms with Gasteiger partial charge in [-0.05, 0) is 41.8 Å². The zero-order valence-electron chi connectivity index (χ0n) is 12.0. The van der Waals surface area contributed by atoms with Gasteiger partial charge in [-0.3, -0.25) is 4.72 Å². The van der Waals surface area contributed by atoms with E-state index in [4.69, 9.17) is 11.6 Å². The Morgan fingerprint density at radius 1 is 1.12 bits per heavy atom. The van der Waals surface area contributed by atoms with Crippen LogP contribution in [0.15, 0.2) is 58.3 Å². The maximum Gasteiger partial charge on any atom is 0.272 e. The number of rotatable bonds is 5. The lowest BCUT2D eigenvalue weighted by molar-refractivity contribution is 0.603. The SMILES string of the molecule is O=S(=O)(Nc1ccc(Nc2ccc(F)c(Cl)c2)cn1)c1cccs1. The molecule has 0 atom stereocenters. The van der Waals surface area contributed by atoms with E-state index in [1.807, 2.05) is 0 Å². The predicted molar refractivity (Wildman–Crippen MR) is 94.1 cm³/mol. The van der Waals surface area contributed by atoms with Crippen LogP contribution in [-0.2, 0) is 10.0 Å². The topological polar surface area (TPSA) is 71.1 Å². The summed E-state index contributed by atoms with van der Waals surface area (Å²) in [5.74, 6) is -0.301. The average Bonchev–Trinajstić information content (AvgIpc) is 3.08. The molecule has 124 valence electrons. The minimum atomic E-state index is -3.63. The van der Waals surface area contributed by atoms with E-state index < -0.39 is 15.8 Å². The van der Waals surface area contributed by atoms with E-state index in [1.54, 1.807) is 17.5 Å². The highest BCUT2D eigenvalue weighted by atomic mass is 35.5. The zero-order chi connectivity index (χ0) is 17.2. The van der Waals surface area contributed by atoms with Crippen molar-refractivity contribution in [3.63, 3.8) is 0 Å². The van der Waals surface area contributed by atoms with Crippen LogP contribution in [0.1, 0.15) is 0 Å². The van der Waals surface area contributed by atoms with E-state index in [9.17, 15) is 12.8 Å². The molecule has 0 aliphatic rings. The summed E-state index contributed by atoms with van der Waals surface area (Å²) in [6.07, 6.45) is 1.46. The number of hydrogen-bond donors (Lipinski definition) is 2. The smallest absolute Gasteiger partial charge is 0.272 e. The largest absolute Gasteiger partial charge is 0.354 e. The lowest BCUT2D eigenvalue weighted by atomic mass is 10.3. The first kappa shape index (κ1) is 16.7. The Labute approximate surface area is 147 Å². The van der Waals surface area contributed by atoms with Gasteiger partial charge in [0.15, 0.2) is 0 Å². The molecule has 0 radical (unpaired) electrons. The van der Waals surface area contributed by atoms with Crippen molar-refractivity contribution in [1.29, 1.82) is 0 Å². The lowest BCUT2D eigenvalue weighted by Crippen LogP contribution is -2.12. The third-order valence-electron chi connectivity index (χ3n) is 2.97. The molecule has 0 bridgehead atoms. The summed E-state index contributed by atoms with van der Waals surface area (Å²) in [5, 5.41) is 4.69. The van der Waals surface area contributed by atoms with E-state index in [1.165, 1.54) is 36.5 Å². The first-order valence-corrected chi connectivity index (χ1v) is 9.42. The highest BCUT2D eigenvalue weighted by Crippen LogP contribution is 2.24. The molecule has 0 amide bonds. The molecule has 5 nitrogen and oxygen atoms in total. The molecule has 0 saturated carbocycles. The van der Waals surface area contributed by atoms with Crippen LogP contribution in [0.5, 0.6) is 0 Å². The van der Waals surface area contributed by atoms with Gasteiger partial charge < -0.3 is 5.32 Å². The molecule has 0 fully saturated rings. The van der Waals surface area contributed by atoms with Crippen LogP contribution in [0.2, 0.25) is 5.02 Å². The first-order valence-electron chi connectivity index (χ1n) is 6.68. The molecule has 0 aliphatic carbocycles. The van der Waals surface area contributed by atoms with Gasteiger partial charge in [0.2, 0.25) is 0 Å². The summed E-state index contributed by atoms with van der Waals surface area (Å²) in [7, 11) is -3.63. The number of sulfonamides is 1.